The Balaban J connectivity index is 1.38. The number of ether oxygens (including phenoxy) is 1. The molecule has 0 spiro atoms. The number of hydrogen-bond acceptors (Lipinski definition) is 9. The van der Waals surface area contributed by atoms with E-state index in [2.05, 4.69) is 15.4 Å². The van der Waals surface area contributed by atoms with Crippen LogP contribution in [0.3, 0.4) is 0 Å². The molecule has 3 aromatic carbocycles. The van der Waals surface area contributed by atoms with E-state index in [9.17, 15) is 23.2 Å². The summed E-state index contributed by atoms with van der Waals surface area (Å²) in [5.41, 5.74) is 5.73. The van der Waals surface area contributed by atoms with Gasteiger partial charge in [0, 0.05) is 11.6 Å². The van der Waals surface area contributed by atoms with Crippen LogP contribution < -0.4 is 15.2 Å². The van der Waals surface area contributed by atoms with Crippen LogP contribution in [0.15, 0.2) is 76.9 Å². The molecular weight excluding hydrogens is 624 g/mol. The van der Waals surface area contributed by atoms with Crippen LogP contribution in [0.5, 0.6) is 0 Å². The van der Waals surface area contributed by atoms with E-state index in [-0.39, 0.29) is 32.1 Å². The number of para-hydroxylation sites is 1. The Morgan fingerprint density at radius 1 is 1.11 bits per heavy atom. The van der Waals surface area contributed by atoms with Gasteiger partial charge in [-0.2, -0.15) is 0 Å². The molecule has 0 saturated carbocycles. The molecule has 1 heterocycles. The highest BCUT2D eigenvalue weighted by molar-refractivity contribution is 7.89. The highest BCUT2D eigenvalue weighted by Gasteiger charge is 2.28. The molecule has 45 heavy (non-hydrogen) atoms. The van der Waals surface area contributed by atoms with Gasteiger partial charge in [0.2, 0.25) is 15.3 Å². The van der Waals surface area contributed by atoms with Crippen molar-refractivity contribution in [3.05, 3.63) is 99.2 Å². The highest BCUT2D eigenvalue weighted by atomic mass is 35.5. The first-order valence-corrected chi connectivity index (χ1v) is 16.1. The molecule has 240 valence electrons. The predicted molar refractivity (Wildman–Crippen MR) is 167 cm³/mol. The first kappa shape index (κ1) is 33.5. The van der Waals surface area contributed by atoms with E-state index < -0.39 is 34.7 Å². The molecule has 2 atom stereocenters. The van der Waals surface area contributed by atoms with Crippen LogP contribution in [-0.4, -0.2) is 56.2 Å². The van der Waals surface area contributed by atoms with Gasteiger partial charge in [0.1, 0.15) is 4.90 Å². The van der Waals surface area contributed by atoms with Gasteiger partial charge in [-0.25, -0.2) is 17.9 Å². The summed E-state index contributed by atoms with van der Waals surface area (Å²) < 4.78 is 34.3. The lowest BCUT2D eigenvalue weighted by atomic mass is 10.1. The molecule has 1 aliphatic rings. The van der Waals surface area contributed by atoms with Crippen molar-refractivity contribution in [3.63, 3.8) is 0 Å². The number of halogens is 1. The molecule has 0 radical (unpaired) electrons. The molecule has 0 saturated heterocycles. The molecular formula is C30H35ClN6O7S. The first-order valence-electron chi connectivity index (χ1n) is 14.3. The van der Waals surface area contributed by atoms with E-state index in [0.29, 0.717) is 18.7 Å². The normalized spacial score (nSPS) is 15.3. The predicted octanol–water partition coefficient (Wildman–Crippen LogP) is 4.74. The molecule has 2 unspecified atom stereocenters. The van der Waals surface area contributed by atoms with E-state index >= 15 is 0 Å². The average molecular weight is 659 g/mol. The Morgan fingerprint density at radius 2 is 1.78 bits per heavy atom. The zero-order valence-electron chi connectivity index (χ0n) is 25.3. The third-order valence-corrected chi connectivity index (χ3v) is 9.26. The summed E-state index contributed by atoms with van der Waals surface area (Å²) in [6, 6.07) is 17.2. The fraction of sp³-hybridized carbons (Fsp3) is 0.333. The minimum atomic E-state index is -4.17. The zero-order chi connectivity index (χ0) is 32.7. The van der Waals surface area contributed by atoms with E-state index in [0.717, 1.165) is 17.7 Å². The van der Waals surface area contributed by atoms with Crippen LogP contribution in [0, 0.1) is 5.21 Å². The topological polar surface area (TPSA) is 156 Å². The van der Waals surface area contributed by atoms with Crippen molar-refractivity contribution in [2.75, 3.05) is 24.9 Å². The Bertz CT molecular complexity index is 1670. The minimum absolute atomic E-state index is 0.0221. The monoisotopic (exact) mass is 658 g/mol. The van der Waals surface area contributed by atoms with E-state index in [1.165, 1.54) is 35.3 Å². The van der Waals surface area contributed by atoms with Crippen LogP contribution >= 0.6 is 11.6 Å². The summed E-state index contributed by atoms with van der Waals surface area (Å²) in [6.45, 7) is 7.46. The number of carbonyl (C=O) groups excluding carboxylic acids is 2. The van der Waals surface area contributed by atoms with Gasteiger partial charge < -0.3 is 14.8 Å². The number of nitrogens with one attached hydrogen (secondary N) is 2. The van der Waals surface area contributed by atoms with E-state index in [1.807, 2.05) is 31.2 Å². The second-order valence-corrected chi connectivity index (χ2v) is 12.3. The summed E-state index contributed by atoms with van der Waals surface area (Å²) in [5.74, 6) is -1.20. The molecule has 0 aliphatic carbocycles. The summed E-state index contributed by atoms with van der Waals surface area (Å²) in [6.07, 6.45) is 0.768. The number of anilines is 1. The highest BCUT2D eigenvalue weighted by Crippen LogP contribution is 2.31. The van der Waals surface area contributed by atoms with Crippen LogP contribution in [0.1, 0.15) is 65.6 Å². The van der Waals surface area contributed by atoms with Gasteiger partial charge in [-0.1, -0.05) is 41.9 Å². The average Bonchev–Trinajstić information content (AvgIpc) is 3.34. The zero-order valence-corrected chi connectivity index (χ0v) is 26.8. The van der Waals surface area contributed by atoms with E-state index in [4.69, 9.17) is 21.2 Å². The number of carbonyl (C=O) groups is 2. The Kier molecular flexibility index (Phi) is 10.9. The number of sulfonamides is 1. The lowest BCUT2D eigenvalue weighted by Crippen LogP contribution is -2.45. The fourth-order valence-corrected chi connectivity index (χ4v) is 6.54. The molecule has 0 bridgehead atoms. The van der Waals surface area contributed by atoms with Gasteiger partial charge in [0.05, 0.1) is 40.4 Å². The Labute approximate surface area is 266 Å². The molecule has 4 rings (SSSR count). The van der Waals surface area contributed by atoms with Gasteiger partial charge in [-0.05, 0) is 81.6 Å². The van der Waals surface area contributed by atoms with Crippen LogP contribution in [0.25, 0.3) is 0 Å². The molecule has 0 fully saturated rings. The second kappa shape index (κ2) is 14.6. The van der Waals surface area contributed by atoms with Gasteiger partial charge in [0.15, 0.2) is 0 Å². The van der Waals surface area contributed by atoms with Crippen molar-refractivity contribution < 1.29 is 32.6 Å². The molecule has 0 aromatic heterocycles. The van der Waals surface area contributed by atoms with Gasteiger partial charge in [-0.3, -0.25) is 15.2 Å². The molecule has 3 aromatic rings. The maximum Gasteiger partial charge on any atom is 0.341 e. The third-order valence-electron chi connectivity index (χ3n) is 7.23. The smallest absolute Gasteiger partial charge is 0.341 e. The van der Waals surface area contributed by atoms with Gasteiger partial charge in [-0.15, -0.1) is 5.01 Å². The summed E-state index contributed by atoms with van der Waals surface area (Å²) >= 11 is 6.28. The number of esters is 1. The van der Waals surface area contributed by atoms with Crippen LogP contribution in [0.4, 0.5) is 5.69 Å². The van der Waals surface area contributed by atoms with E-state index in [1.54, 1.807) is 37.9 Å². The third kappa shape index (κ3) is 8.01. The Hall–Kier alpha value is -4.40. The summed E-state index contributed by atoms with van der Waals surface area (Å²) in [7, 11) is -4.17. The molecule has 15 heteroatoms. The van der Waals surface area contributed by atoms with Gasteiger partial charge in [0.25, 0.3) is 12.7 Å². The van der Waals surface area contributed by atoms with Gasteiger partial charge >= 0.3 is 5.97 Å². The molecule has 2 N–H and O–H groups in total. The van der Waals surface area contributed by atoms with Crippen molar-refractivity contribution in [1.29, 1.82) is 0 Å². The number of benzene rings is 3. The minimum Gasteiger partial charge on any atom is -0.569 e. The SMILES string of the molecule is CCN(CC)[N+]([O-])=NOCOC(=O)c1ccc(C(C)NS(=O)(=O)c2cc(C(=O)NN3c4ccccc4CC3C)ccc2Cl)cc1. The first-order chi connectivity index (χ1) is 21.4. The number of amides is 1. The molecule has 1 amide bonds. The number of fused-ring (bicyclic) bond motifs is 1. The standard InChI is InChI=1S/C30H35ClN6O7S/c1-5-35(6-2)37(40)34-44-19-43-30(39)23-13-11-22(12-14-23)21(4)33-45(41,42)28-18-25(15-16-26(28)31)29(38)32-36-20(3)17-24-9-7-8-10-27(24)36/h7-16,18,20-21,33H,5-6,17,19H2,1-4H3,(H,32,38). The lowest BCUT2D eigenvalue weighted by Gasteiger charge is -2.25. The maximum absolute atomic E-state index is 13.4. The maximum atomic E-state index is 13.4. The molecule has 1 aliphatic heterocycles. The number of rotatable bonds is 13. The lowest BCUT2D eigenvalue weighted by molar-refractivity contribution is -0.710. The quantitative estimate of drug-likeness (QED) is 0.0661. The number of nitrogens with zero attached hydrogens (tertiary/aromatic N) is 4. The number of hydrazine groups is 2. The van der Waals surface area contributed by atoms with Crippen molar-refractivity contribution in [2.45, 2.75) is 51.1 Å². The van der Waals surface area contributed by atoms with Crippen molar-refractivity contribution in [3.8, 4) is 0 Å². The van der Waals surface area contributed by atoms with Crippen molar-refractivity contribution in [1.82, 2.24) is 15.2 Å². The summed E-state index contributed by atoms with van der Waals surface area (Å²) in [5, 5.41) is 18.1. The summed E-state index contributed by atoms with van der Waals surface area (Å²) in [4.78, 5) is 30.3. The van der Waals surface area contributed by atoms with Crippen LogP contribution in [0.2, 0.25) is 5.02 Å². The van der Waals surface area contributed by atoms with Crippen molar-refractivity contribution in [2.24, 2.45) is 5.28 Å². The fourth-order valence-electron chi connectivity index (χ4n) is 4.79. The van der Waals surface area contributed by atoms with Crippen LogP contribution in [-0.2, 0) is 26.0 Å². The second-order valence-electron chi connectivity index (χ2n) is 10.3. The van der Waals surface area contributed by atoms with Crippen molar-refractivity contribution >= 4 is 39.2 Å². The number of hydrogen-bond donors (Lipinski definition) is 2. The molecule has 13 nitrogen and oxygen atoms in total. The Morgan fingerprint density at radius 3 is 2.47 bits per heavy atom. The largest absolute Gasteiger partial charge is 0.569 e.